The van der Waals surface area contributed by atoms with Crippen LogP contribution < -0.4 is 5.73 Å². The zero-order valence-corrected chi connectivity index (χ0v) is 11.8. The van der Waals surface area contributed by atoms with Gasteiger partial charge >= 0.3 is 0 Å². The van der Waals surface area contributed by atoms with Crippen molar-refractivity contribution in [2.45, 2.75) is 78.3 Å². The Morgan fingerprint density at radius 2 is 1.62 bits per heavy atom. The van der Waals surface area contributed by atoms with Gasteiger partial charge in [-0.1, -0.05) is 26.7 Å². The van der Waals surface area contributed by atoms with Gasteiger partial charge in [0.15, 0.2) is 0 Å². The summed E-state index contributed by atoms with van der Waals surface area (Å²) < 4.78 is 0. The zero-order valence-electron chi connectivity index (χ0n) is 11.8. The van der Waals surface area contributed by atoms with Gasteiger partial charge in [0, 0.05) is 12.1 Å². The first-order valence-electron chi connectivity index (χ1n) is 7.11. The van der Waals surface area contributed by atoms with E-state index in [0.717, 1.165) is 6.42 Å². The van der Waals surface area contributed by atoms with E-state index in [0.29, 0.717) is 12.1 Å². The Kier molecular flexibility index (Phi) is 10.0. The first kappa shape index (κ1) is 15.9. The van der Waals surface area contributed by atoms with Gasteiger partial charge in [0.1, 0.15) is 0 Å². The molecular formula is C14H32N2. The van der Waals surface area contributed by atoms with E-state index >= 15 is 0 Å². The molecule has 0 spiro atoms. The van der Waals surface area contributed by atoms with Crippen LogP contribution >= 0.6 is 0 Å². The fraction of sp³-hybridized carbons (Fsp3) is 1.00. The third kappa shape index (κ3) is 8.12. The molecule has 0 aromatic carbocycles. The molecule has 98 valence electrons. The van der Waals surface area contributed by atoms with Gasteiger partial charge in [-0.25, -0.2) is 0 Å². The molecule has 0 fully saturated rings. The molecule has 0 amide bonds. The van der Waals surface area contributed by atoms with Crippen LogP contribution in [-0.2, 0) is 0 Å². The maximum absolute atomic E-state index is 5.94. The fourth-order valence-electron chi connectivity index (χ4n) is 1.95. The molecular weight excluding hydrogens is 196 g/mol. The first-order valence-corrected chi connectivity index (χ1v) is 7.11. The second-order valence-electron chi connectivity index (χ2n) is 5.15. The summed E-state index contributed by atoms with van der Waals surface area (Å²) in [5.74, 6) is 0. The number of hydrogen-bond donors (Lipinski definition) is 1. The van der Waals surface area contributed by atoms with Crippen molar-refractivity contribution in [3.8, 4) is 0 Å². The molecule has 2 heteroatoms. The number of nitrogens with zero attached hydrogens (tertiary/aromatic N) is 1. The zero-order chi connectivity index (χ0) is 12.4. The Hall–Kier alpha value is -0.0800. The van der Waals surface area contributed by atoms with Crippen molar-refractivity contribution in [2.24, 2.45) is 5.73 Å². The van der Waals surface area contributed by atoms with Crippen LogP contribution in [0.1, 0.15) is 66.2 Å². The van der Waals surface area contributed by atoms with Crippen molar-refractivity contribution in [3.05, 3.63) is 0 Å². The van der Waals surface area contributed by atoms with Gasteiger partial charge in [-0.2, -0.15) is 0 Å². The lowest BCUT2D eigenvalue weighted by Gasteiger charge is -2.26. The molecule has 0 saturated carbocycles. The van der Waals surface area contributed by atoms with Gasteiger partial charge < -0.3 is 10.6 Å². The molecule has 0 aliphatic heterocycles. The molecule has 1 unspecified atom stereocenters. The summed E-state index contributed by atoms with van der Waals surface area (Å²) in [5, 5.41) is 0. The summed E-state index contributed by atoms with van der Waals surface area (Å²) >= 11 is 0. The maximum atomic E-state index is 5.94. The molecule has 0 aliphatic rings. The van der Waals surface area contributed by atoms with Crippen LogP contribution in [0.5, 0.6) is 0 Å². The van der Waals surface area contributed by atoms with E-state index in [9.17, 15) is 0 Å². The topological polar surface area (TPSA) is 29.3 Å². The Morgan fingerprint density at radius 3 is 2.12 bits per heavy atom. The lowest BCUT2D eigenvalue weighted by atomic mass is 10.1. The van der Waals surface area contributed by atoms with Gasteiger partial charge in [0.05, 0.1) is 0 Å². The van der Waals surface area contributed by atoms with Crippen LogP contribution in [0, 0.1) is 0 Å². The van der Waals surface area contributed by atoms with Crippen molar-refractivity contribution >= 4 is 0 Å². The highest BCUT2D eigenvalue weighted by molar-refractivity contribution is 4.65. The average Bonchev–Trinajstić information content (AvgIpc) is 2.26. The molecule has 0 aromatic rings. The van der Waals surface area contributed by atoms with Crippen molar-refractivity contribution in [1.29, 1.82) is 0 Å². The third-order valence-corrected chi connectivity index (χ3v) is 3.32. The van der Waals surface area contributed by atoms with Gasteiger partial charge in [0.2, 0.25) is 0 Å². The highest BCUT2D eigenvalue weighted by Crippen LogP contribution is 2.07. The van der Waals surface area contributed by atoms with Crippen molar-refractivity contribution in [2.75, 3.05) is 13.1 Å². The van der Waals surface area contributed by atoms with Gasteiger partial charge in [-0.05, 0) is 52.6 Å². The Labute approximate surface area is 103 Å². The van der Waals surface area contributed by atoms with E-state index in [1.54, 1.807) is 0 Å². The molecule has 0 rings (SSSR count). The lowest BCUT2D eigenvalue weighted by Crippen LogP contribution is -2.33. The van der Waals surface area contributed by atoms with Crippen LogP contribution in [0.15, 0.2) is 0 Å². The Morgan fingerprint density at radius 1 is 1.00 bits per heavy atom. The molecule has 16 heavy (non-hydrogen) atoms. The third-order valence-electron chi connectivity index (χ3n) is 3.32. The number of hydrogen-bond acceptors (Lipinski definition) is 2. The molecule has 0 saturated heterocycles. The second-order valence-corrected chi connectivity index (χ2v) is 5.15. The molecule has 0 aliphatic carbocycles. The van der Waals surface area contributed by atoms with Crippen LogP contribution in [0.4, 0.5) is 0 Å². The summed E-state index contributed by atoms with van der Waals surface area (Å²) in [7, 11) is 0. The summed E-state index contributed by atoms with van der Waals surface area (Å²) in [6.45, 7) is 11.5. The molecule has 0 heterocycles. The minimum atomic E-state index is 0.407. The predicted molar refractivity (Wildman–Crippen MR) is 73.7 cm³/mol. The highest BCUT2D eigenvalue weighted by atomic mass is 15.1. The van der Waals surface area contributed by atoms with Gasteiger partial charge in [-0.15, -0.1) is 0 Å². The number of unbranched alkanes of at least 4 members (excludes halogenated alkanes) is 2. The second kappa shape index (κ2) is 10.1. The quantitative estimate of drug-likeness (QED) is 0.581. The van der Waals surface area contributed by atoms with Crippen LogP contribution in [0.3, 0.4) is 0 Å². The maximum Gasteiger partial charge on any atom is 0.00385 e. The van der Waals surface area contributed by atoms with Crippen LogP contribution in [0.25, 0.3) is 0 Å². The van der Waals surface area contributed by atoms with E-state index in [-0.39, 0.29) is 0 Å². The molecule has 0 radical (unpaired) electrons. The highest BCUT2D eigenvalue weighted by Gasteiger charge is 2.09. The van der Waals surface area contributed by atoms with Gasteiger partial charge in [0.25, 0.3) is 0 Å². The average molecular weight is 228 g/mol. The SMILES string of the molecule is CCCCCN(CCCC(N)CC)C(C)C. The van der Waals surface area contributed by atoms with E-state index in [4.69, 9.17) is 5.73 Å². The van der Waals surface area contributed by atoms with Crippen molar-refractivity contribution in [3.63, 3.8) is 0 Å². The van der Waals surface area contributed by atoms with Crippen molar-refractivity contribution in [1.82, 2.24) is 4.90 Å². The summed E-state index contributed by atoms with van der Waals surface area (Å²) in [5.41, 5.74) is 5.94. The monoisotopic (exact) mass is 228 g/mol. The minimum Gasteiger partial charge on any atom is -0.328 e. The van der Waals surface area contributed by atoms with Gasteiger partial charge in [-0.3, -0.25) is 0 Å². The molecule has 2 N–H and O–H groups in total. The Balaban J connectivity index is 3.68. The molecule has 2 nitrogen and oxygen atoms in total. The van der Waals surface area contributed by atoms with E-state index in [1.807, 2.05) is 0 Å². The predicted octanol–water partition coefficient (Wildman–Crippen LogP) is 3.40. The van der Waals surface area contributed by atoms with Crippen LogP contribution in [0.2, 0.25) is 0 Å². The number of rotatable bonds is 10. The van der Waals surface area contributed by atoms with Crippen molar-refractivity contribution < 1.29 is 0 Å². The van der Waals surface area contributed by atoms with Crippen LogP contribution in [-0.4, -0.2) is 30.1 Å². The first-order chi connectivity index (χ1) is 7.61. The largest absolute Gasteiger partial charge is 0.328 e. The van der Waals surface area contributed by atoms with E-state index in [2.05, 4.69) is 32.6 Å². The summed E-state index contributed by atoms with van der Waals surface area (Å²) in [6, 6.07) is 1.08. The fourth-order valence-corrected chi connectivity index (χ4v) is 1.95. The molecule has 1 atom stereocenters. The smallest absolute Gasteiger partial charge is 0.00385 e. The molecule has 0 bridgehead atoms. The Bertz CT molecular complexity index is 146. The van der Waals surface area contributed by atoms with E-state index in [1.165, 1.54) is 45.2 Å². The summed E-state index contributed by atoms with van der Waals surface area (Å²) in [4.78, 5) is 2.60. The minimum absolute atomic E-state index is 0.407. The lowest BCUT2D eigenvalue weighted by molar-refractivity contribution is 0.211. The van der Waals surface area contributed by atoms with E-state index < -0.39 is 0 Å². The standard InChI is InChI=1S/C14H32N2/c1-5-7-8-11-16(13(3)4)12-9-10-14(15)6-2/h13-14H,5-12,15H2,1-4H3. The summed E-state index contributed by atoms with van der Waals surface area (Å²) in [6.07, 6.45) is 7.54. The normalized spacial score (nSPS) is 13.7. The number of nitrogens with two attached hydrogens (primary N) is 1. The molecule has 0 aromatic heterocycles.